The highest BCUT2D eigenvalue weighted by Gasteiger charge is 2.19. The molecule has 5 heteroatoms. The molecule has 0 aliphatic carbocycles. The summed E-state index contributed by atoms with van der Waals surface area (Å²) >= 11 is 9.46. The lowest BCUT2D eigenvalue weighted by Crippen LogP contribution is -2.32. The molecule has 0 bridgehead atoms. The fraction of sp³-hybridized carbons (Fsp3) is 0.125. The monoisotopic (exact) mass is 362 g/mol. The van der Waals surface area contributed by atoms with Gasteiger partial charge in [-0.1, -0.05) is 45.7 Å². The molecular formula is C16H12BrClN2O. The van der Waals surface area contributed by atoms with Gasteiger partial charge in [0.25, 0.3) is 5.91 Å². The van der Waals surface area contributed by atoms with Gasteiger partial charge >= 0.3 is 0 Å². The van der Waals surface area contributed by atoms with Crippen molar-refractivity contribution in [3.8, 4) is 6.07 Å². The maximum absolute atomic E-state index is 12.7. The van der Waals surface area contributed by atoms with E-state index in [1.54, 1.807) is 23.1 Å². The lowest BCUT2D eigenvalue weighted by Gasteiger charge is -2.22. The number of carbonyl (C=O) groups excluding carboxylic acids is 1. The van der Waals surface area contributed by atoms with Crippen molar-refractivity contribution in [3.05, 3.63) is 63.6 Å². The molecule has 0 fully saturated rings. The number of nitrogens with zero attached hydrogens (tertiary/aromatic N) is 2. The first-order valence-electron chi connectivity index (χ1n) is 6.32. The molecule has 3 nitrogen and oxygen atoms in total. The van der Waals surface area contributed by atoms with E-state index in [0.717, 1.165) is 10.2 Å². The molecule has 0 N–H and O–H groups in total. The summed E-state index contributed by atoms with van der Waals surface area (Å²) in [6, 6.07) is 16.4. The third-order valence-corrected chi connectivity index (χ3v) is 3.73. The predicted octanol–water partition coefficient (Wildman–Crippen LogP) is 4.66. The molecule has 1 amide bonds. The molecule has 2 aromatic carbocycles. The van der Waals surface area contributed by atoms with Gasteiger partial charge < -0.3 is 4.90 Å². The Labute approximate surface area is 136 Å². The van der Waals surface area contributed by atoms with E-state index in [1.807, 2.05) is 30.3 Å². The van der Waals surface area contributed by atoms with Crippen LogP contribution in [0.15, 0.2) is 53.0 Å². The highest BCUT2D eigenvalue weighted by molar-refractivity contribution is 9.10. The minimum Gasteiger partial charge on any atom is -0.307 e. The van der Waals surface area contributed by atoms with Gasteiger partial charge in [0.15, 0.2) is 0 Å². The summed E-state index contributed by atoms with van der Waals surface area (Å²) in [6.45, 7) is 0.325. The average molecular weight is 364 g/mol. The average Bonchev–Trinajstić information content (AvgIpc) is 2.48. The summed E-state index contributed by atoms with van der Waals surface area (Å²) in [5, 5.41) is 9.17. The summed E-state index contributed by atoms with van der Waals surface area (Å²) in [5.74, 6) is -0.214. The second-order valence-electron chi connectivity index (χ2n) is 4.32. The maximum Gasteiger partial charge on any atom is 0.259 e. The number of para-hydroxylation sites is 1. The smallest absolute Gasteiger partial charge is 0.259 e. The van der Waals surface area contributed by atoms with Gasteiger partial charge in [0.05, 0.1) is 23.1 Å². The Morgan fingerprint density at radius 3 is 2.57 bits per heavy atom. The zero-order valence-electron chi connectivity index (χ0n) is 11.1. The van der Waals surface area contributed by atoms with Gasteiger partial charge in [-0.3, -0.25) is 4.79 Å². The van der Waals surface area contributed by atoms with Crippen LogP contribution in [0.4, 0.5) is 5.69 Å². The van der Waals surface area contributed by atoms with Crippen molar-refractivity contribution in [2.75, 3.05) is 11.4 Å². The van der Waals surface area contributed by atoms with E-state index in [9.17, 15) is 4.79 Å². The second-order valence-corrected chi connectivity index (χ2v) is 5.65. The van der Waals surface area contributed by atoms with E-state index >= 15 is 0 Å². The Kier molecular flexibility index (Phi) is 5.38. The van der Waals surface area contributed by atoms with E-state index in [1.165, 1.54) is 0 Å². The van der Waals surface area contributed by atoms with Crippen LogP contribution >= 0.6 is 27.5 Å². The normalized spacial score (nSPS) is 9.95. The summed E-state index contributed by atoms with van der Waals surface area (Å²) < 4.78 is 0.812. The van der Waals surface area contributed by atoms with Crippen LogP contribution in [0.2, 0.25) is 5.02 Å². The summed E-state index contributed by atoms with van der Waals surface area (Å²) in [6.07, 6.45) is 0.259. The van der Waals surface area contributed by atoms with E-state index in [-0.39, 0.29) is 12.3 Å². The molecule has 21 heavy (non-hydrogen) atoms. The van der Waals surface area contributed by atoms with Crippen LogP contribution in [0.5, 0.6) is 0 Å². The first-order valence-corrected chi connectivity index (χ1v) is 7.49. The Bertz CT molecular complexity index is 682. The number of anilines is 1. The van der Waals surface area contributed by atoms with Crippen LogP contribution in [0.25, 0.3) is 0 Å². The van der Waals surface area contributed by atoms with E-state index in [4.69, 9.17) is 16.9 Å². The molecular weight excluding hydrogens is 352 g/mol. The van der Waals surface area contributed by atoms with Gasteiger partial charge in [-0.15, -0.1) is 0 Å². The quantitative estimate of drug-likeness (QED) is 0.792. The summed E-state index contributed by atoms with van der Waals surface area (Å²) in [5.41, 5.74) is 1.17. The van der Waals surface area contributed by atoms with Crippen LogP contribution in [0.1, 0.15) is 16.8 Å². The number of amides is 1. The number of halogens is 2. The molecule has 0 aliphatic rings. The minimum absolute atomic E-state index is 0.214. The van der Waals surface area contributed by atoms with Gasteiger partial charge in [-0.05, 0) is 30.3 Å². The van der Waals surface area contributed by atoms with Crippen molar-refractivity contribution in [2.45, 2.75) is 6.42 Å². The van der Waals surface area contributed by atoms with Crippen LogP contribution in [0.3, 0.4) is 0 Å². The molecule has 0 aromatic heterocycles. The molecule has 2 rings (SSSR count). The fourth-order valence-corrected chi connectivity index (χ4v) is 2.68. The lowest BCUT2D eigenvalue weighted by molar-refractivity contribution is 0.0987. The maximum atomic E-state index is 12.7. The molecule has 0 atom stereocenters. The van der Waals surface area contributed by atoms with E-state index in [0.29, 0.717) is 17.1 Å². The SMILES string of the molecule is N#CCCN(C(=O)c1ccc(Br)cc1Cl)c1ccccc1. The van der Waals surface area contributed by atoms with Crippen molar-refractivity contribution >= 4 is 39.1 Å². The number of hydrogen-bond donors (Lipinski definition) is 0. The zero-order chi connectivity index (χ0) is 15.2. The van der Waals surface area contributed by atoms with Crippen LogP contribution in [0, 0.1) is 11.3 Å². The van der Waals surface area contributed by atoms with Gasteiger partial charge in [-0.25, -0.2) is 0 Å². The number of hydrogen-bond acceptors (Lipinski definition) is 2. The molecule has 0 saturated heterocycles. The number of carbonyl (C=O) groups is 1. The second kappa shape index (κ2) is 7.26. The van der Waals surface area contributed by atoms with Gasteiger partial charge in [0.2, 0.25) is 0 Å². The number of rotatable bonds is 4. The van der Waals surface area contributed by atoms with Crippen molar-refractivity contribution in [1.82, 2.24) is 0 Å². The van der Waals surface area contributed by atoms with Crippen molar-refractivity contribution in [1.29, 1.82) is 5.26 Å². The van der Waals surface area contributed by atoms with Crippen LogP contribution < -0.4 is 4.90 Å². The molecule has 106 valence electrons. The largest absolute Gasteiger partial charge is 0.307 e. The zero-order valence-corrected chi connectivity index (χ0v) is 13.4. The molecule has 2 aromatic rings. The third kappa shape index (κ3) is 3.84. The van der Waals surface area contributed by atoms with Crippen molar-refractivity contribution in [2.24, 2.45) is 0 Å². The fourth-order valence-electron chi connectivity index (χ4n) is 1.93. The summed E-state index contributed by atoms with van der Waals surface area (Å²) in [7, 11) is 0. The van der Waals surface area contributed by atoms with Crippen LogP contribution in [-0.2, 0) is 0 Å². The topological polar surface area (TPSA) is 44.1 Å². The molecule has 0 radical (unpaired) electrons. The number of nitriles is 1. The minimum atomic E-state index is -0.214. The Balaban J connectivity index is 2.37. The molecule has 0 heterocycles. The molecule has 0 unspecified atom stereocenters. The van der Waals surface area contributed by atoms with Crippen molar-refractivity contribution in [3.63, 3.8) is 0 Å². The predicted molar refractivity (Wildman–Crippen MR) is 87.5 cm³/mol. The number of benzene rings is 2. The highest BCUT2D eigenvalue weighted by atomic mass is 79.9. The van der Waals surface area contributed by atoms with E-state index < -0.39 is 0 Å². The van der Waals surface area contributed by atoms with Crippen molar-refractivity contribution < 1.29 is 4.79 Å². The lowest BCUT2D eigenvalue weighted by atomic mass is 10.1. The molecule has 0 saturated carbocycles. The Morgan fingerprint density at radius 1 is 1.24 bits per heavy atom. The van der Waals surface area contributed by atoms with Gasteiger partial charge in [0, 0.05) is 16.7 Å². The Morgan fingerprint density at radius 2 is 1.95 bits per heavy atom. The highest BCUT2D eigenvalue weighted by Crippen LogP contribution is 2.25. The summed E-state index contributed by atoms with van der Waals surface area (Å²) in [4.78, 5) is 14.3. The van der Waals surface area contributed by atoms with Gasteiger partial charge in [-0.2, -0.15) is 5.26 Å². The third-order valence-electron chi connectivity index (χ3n) is 2.92. The molecule has 0 aliphatic heterocycles. The van der Waals surface area contributed by atoms with Crippen LogP contribution in [-0.4, -0.2) is 12.5 Å². The Hall–Kier alpha value is -1.83. The molecule has 0 spiro atoms. The first-order chi connectivity index (χ1) is 10.1. The first kappa shape index (κ1) is 15.6. The van der Waals surface area contributed by atoms with E-state index in [2.05, 4.69) is 22.0 Å². The standard InChI is InChI=1S/C16H12BrClN2O/c17-12-7-8-14(15(18)11-12)16(21)20(10-4-9-19)13-5-2-1-3-6-13/h1-3,5-8,11H,4,10H2. The van der Waals surface area contributed by atoms with Gasteiger partial charge in [0.1, 0.15) is 0 Å².